The zero-order chi connectivity index (χ0) is 19.5. The van der Waals surface area contributed by atoms with Crippen molar-refractivity contribution in [1.29, 1.82) is 0 Å². The number of sulfonamides is 1. The number of piperazine rings is 1. The minimum Gasteiger partial charge on any atom is -0.362 e. The summed E-state index contributed by atoms with van der Waals surface area (Å²) in [5.41, 5.74) is 5.30. The summed E-state index contributed by atoms with van der Waals surface area (Å²) >= 11 is 0. The molecule has 1 aromatic carbocycles. The molecule has 1 heterocycles. The van der Waals surface area contributed by atoms with Gasteiger partial charge < -0.3 is 15.5 Å². The summed E-state index contributed by atoms with van der Waals surface area (Å²) in [6.07, 6.45) is 0. The van der Waals surface area contributed by atoms with Crippen molar-refractivity contribution in [2.75, 3.05) is 44.2 Å². The maximum atomic E-state index is 12.6. The Labute approximate surface area is 152 Å². The number of benzene rings is 1. The van der Waals surface area contributed by atoms with Gasteiger partial charge in [0.2, 0.25) is 10.0 Å². The van der Waals surface area contributed by atoms with Crippen molar-refractivity contribution in [3.05, 3.63) is 28.3 Å². The SMILES string of the molecule is CCN(CC)S(=O)(=O)c1ccc(N2CCN(C(N)=O)CC2)c([N+](=O)[O-])c1. The van der Waals surface area contributed by atoms with Crippen LogP contribution in [0.25, 0.3) is 0 Å². The van der Waals surface area contributed by atoms with E-state index in [4.69, 9.17) is 5.73 Å². The van der Waals surface area contributed by atoms with E-state index in [9.17, 15) is 23.3 Å². The molecule has 1 fully saturated rings. The van der Waals surface area contributed by atoms with E-state index in [0.29, 0.717) is 31.9 Å². The molecule has 0 saturated carbocycles. The zero-order valence-electron chi connectivity index (χ0n) is 14.8. The molecule has 10 nitrogen and oxygen atoms in total. The van der Waals surface area contributed by atoms with E-state index in [1.54, 1.807) is 18.7 Å². The average molecular weight is 385 g/mol. The number of hydrogen-bond acceptors (Lipinski definition) is 6. The number of nitrogens with zero attached hydrogens (tertiary/aromatic N) is 4. The Morgan fingerprint density at radius 1 is 1.23 bits per heavy atom. The second-order valence-corrected chi connectivity index (χ2v) is 7.75. The molecule has 0 spiro atoms. The number of amides is 2. The number of rotatable bonds is 6. The first-order chi connectivity index (χ1) is 12.2. The van der Waals surface area contributed by atoms with Gasteiger partial charge in [-0.3, -0.25) is 10.1 Å². The number of hydrogen-bond donors (Lipinski definition) is 1. The molecule has 0 atom stereocenters. The first kappa shape index (κ1) is 19.9. The Bertz CT molecular complexity index is 786. The van der Waals surface area contributed by atoms with E-state index < -0.39 is 21.0 Å². The highest BCUT2D eigenvalue weighted by Crippen LogP contribution is 2.32. The molecule has 0 bridgehead atoms. The van der Waals surface area contributed by atoms with Crippen molar-refractivity contribution in [1.82, 2.24) is 9.21 Å². The van der Waals surface area contributed by atoms with Gasteiger partial charge in [0.1, 0.15) is 5.69 Å². The lowest BCUT2D eigenvalue weighted by Crippen LogP contribution is -2.50. The van der Waals surface area contributed by atoms with Crippen molar-refractivity contribution in [3.63, 3.8) is 0 Å². The summed E-state index contributed by atoms with van der Waals surface area (Å²) in [4.78, 5) is 25.2. The van der Waals surface area contributed by atoms with E-state index in [1.807, 2.05) is 0 Å². The van der Waals surface area contributed by atoms with Crippen molar-refractivity contribution in [2.45, 2.75) is 18.7 Å². The van der Waals surface area contributed by atoms with Gasteiger partial charge in [0, 0.05) is 45.3 Å². The van der Waals surface area contributed by atoms with Crippen LogP contribution >= 0.6 is 0 Å². The molecule has 26 heavy (non-hydrogen) atoms. The number of carbonyl (C=O) groups excluding carboxylic acids is 1. The molecular formula is C15H23N5O5S. The summed E-state index contributed by atoms with van der Waals surface area (Å²) in [5, 5.41) is 11.5. The summed E-state index contributed by atoms with van der Waals surface area (Å²) in [7, 11) is -3.78. The van der Waals surface area contributed by atoms with E-state index in [1.165, 1.54) is 21.3 Å². The molecular weight excluding hydrogens is 362 g/mol. The maximum Gasteiger partial charge on any atom is 0.314 e. The van der Waals surface area contributed by atoms with Gasteiger partial charge in [-0.2, -0.15) is 4.31 Å². The predicted octanol–water partition coefficient (Wildman–Crippen LogP) is 0.826. The Hall–Kier alpha value is -2.40. The molecule has 11 heteroatoms. The highest BCUT2D eigenvalue weighted by Gasteiger charge is 2.29. The molecule has 0 radical (unpaired) electrons. The van der Waals surface area contributed by atoms with Crippen LogP contribution in [0.2, 0.25) is 0 Å². The number of nitro benzene ring substituents is 1. The molecule has 0 unspecified atom stereocenters. The van der Waals surface area contributed by atoms with Gasteiger partial charge in [0.05, 0.1) is 9.82 Å². The van der Waals surface area contributed by atoms with Gasteiger partial charge in [-0.15, -0.1) is 0 Å². The molecule has 1 saturated heterocycles. The van der Waals surface area contributed by atoms with Crippen LogP contribution in [-0.2, 0) is 10.0 Å². The van der Waals surface area contributed by atoms with Crippen LogP contribution in [0, 0.1) is 10.1 Å². The third-order valence-electron chi connectivity index (χ3n) is 4.42. The first-order valence-electron chi connectivity index (χ1n) is 8.30. The largest absolute Gasteiger partial charge is 0.362 e. The molecule has 2 N–H and O–H groups in total. The lowest BCUT2D eigenvalue weighted by Gasteiger charge is -2.34. The number of carbonyl (C=O) groups is 1. The smallest absolute Gasteiger partial charge is 0.314 e. The molecule has 2 amide bonds. The Kier molecular flexibility index (Phi) is 6.03. The van der Waals surface area contributed by atoms with Crippen molar-refractivity contribution in [2.24, 2.45) is 5.73 Å². The van der Waals surface area contributed by atoms with E-state index in [2.05, 4.69) is 0 Å². The minimum absolute atomic E-state index is 0.104. The number of nitrogens with two attached hydrogens (primary N) is 1. The van der Waals surface area contributed by atoms with Crippen LogP contribution < -0.4 is 10.6 Å². The lowest BCUT2D eigenvalue weighted by molar-refractivity contribution is -0.384. The highest BCUT2D eigenvalue weighted by molar-refractivity contribution is 7.89. The van der Waals surface area contributed by atoms with Gasteiger partial charge in [-0.05, 0) is 12.1 Å². The molecule has 0 aliphatic carbocycles. The third kappa shape index (κ3) is 3.88. The molecule has 0 aromatic heterocycles. The van der Waals surface area contributed by atoms with E-state index >= 15 is 0 Å². The predicted molar refractivity (Wildman–Crippen MR) is 96.6 cm³/mol. The topological polar surface area (TPSA) is 130 Å². The third-order valence-corrected chi connectivity index (χ3v) is 6.46. The molecule has 144 valence electrons. The van der Waals surface area contributed by atoms with Gasteiger partial charge in [0.15, 0.2) is 0 Å². The highest BCUT2D eigenvalue weighted by atomic mass is 32.2. The number of primary amides is 1. The summed E-state index contributed by atoms with van der Waals surface area (Å²) in [6, 6.07) is 3.41. The van der Waals surface area contributed by atoms with Gasteiger partial charge in [-0.25, -0.2) is 13.2 Å². The molecule has 2 rings (SSSR count). The van der Waals surface area contributed by atoms with Crippen molar-refractivity contribution >= 4 is 27.4 Å². The number of urea groups is 1. The maximum absolute atomic E-state index is 12.6. The first-order valence-corrected chi connectivity index (χ1v) is 9.74. The van der Waals surface area contributed by atoms with E-state index in [0.717, 1.165) is 6.07 Å². The standard InChI is InChI=1S/C15H23N5O5S/c1-3-19(4-2)26(24,25)12-5-6-13(14(11-12)20(22)23)17-7-9-18(10-8-17)15(16)21/h5-6,11H,3-4,7-10H2,1-2H3,(H2,16,21). The molecule has 1 aromatic rings. The van der Waals surface area contributed by atoms with Gasteiger partial charge in [-0.1, -0.05) is 13.8 Å². The van der Waals surface area contributed by atoms with Crippen LogP contribution in [0.1, 0.15) is 13.8 Å². The van der Waals surface area contributed by atoms with Crippen LogP contribution in [0.4, 0.5) is 16.2 Å². The minimum atomic E-state index is -3.78. The van der Waals surface area contributed by atoms with Crippen molar-refractivity contribution in [3.8, 4) is 0 Å². The second-order valence-electron chi connectivity index (χ2n) is 5.81. The van der Waals surface area contributed by atoms with Crippen LogP contribution in [0.15, 0.2) is 23.1 Å². The van der Waals surface area contributed by atoms with Crippen LogP contribution in [-0.4, -0.2) is 67.8 Å². The normalized spacial score (nSPS) is 15.3. The quantitative estimate of drug-likeness (QED) is 0.570. The lowest BCUT2D eigenvalue weighted by atomic mass is 10.2. The fourth-order valence-corrected chi connectivity index (χ4v) is 4.44. The second kappa shape index (κ2) is 7.87. The summed E-state index contributed by atoms with van der Waals surface area (Å²) in [6.45, 7) is 5.45. The summed E-state index contributed by atoms with van der Waals surface area (Å²) < 4.78 is 26.5. The molecule has 1 aliphatic heterocycles. The van der Waals surface area contributed by atoms with Gasteiger partial charge >= 0.3 is 6.03 Å². The Morgan fingerprint density at radius 3 is 2.27 bits per heavy atom. The van der Waals surface area contributed by atoms with Gasteiger partial charge in [0.25, 0.3) is 5.69 Å². The Morgan fingerprint density at radius 2 is 1.81 bits per heavy atom. The number of nitro groups is 1. The number of anilines is 1. The van der Waals surface area contributed by atoms with Crippen LogP contribution in [0.5, 0.6) is 0 Å². The monoisotopic (exact) mass is 385 g/mol. The Balaban J connectivity index is 2.36. The molecule has 1 aliphatic rings. The fraction of sp³-hybridized carbons (Fsp3) is 0.533. The van der Waals surface area contributed by atoms with E-state index in [-0.39, 0.29) is 23.7 Å². The summed E-state index contributed by atoms with van der Waals surface area (Å²) in [5.74, 6) is 0. The fourth-order valence-electron chi connectivity index (χ4n) is 2.96. The van der Waals surface area contributed by atoms with Crippen LogP contribution in [0.3, 0.4) is 0 Å². The zero-order valence-corrected chi connectivity index (χ0v) is 15.6. The van der Waals surface area contributed by atoms with Crippen molar-refractivity contribution < 1.29 is 18.1 Å². The average Bonchev–Trinajstić information content (AvgIpc) is 2.62.